The maximum Gasteiger partial charge on any atom is 0.147 e. The lowest BCUT2D eigenvalue weighted by Gasteiger charge is -2.40. The summed E-state index contributed by atoms with van der Waals surface area (Å²) in [4.78, 5) is 2.37. The zero-order valence-corrected chi connectivity index (χ0v) is 11.4. The van der Waals surface area contributed by atoms with E-state index in [1.54, 1.807) is 0 Å². The third-order valence-corrected chi connectivity index (χ3v) is 4.61. The monoisotopic (exact) mass is 248 g/mol. The second kappa shape index (κ2) is 5.02. The number of rotatable bonds is 5. The first-order valence-electron chi connectivity index (χ1n) is 5.92. The number of nitrogens with two attached hydrogens (primary N) is 1. The van der Waals surface area contributed by atoms with Crippen molar-refractivity contribution in [1.82, 2.24) is 4.90 Å². The van der Waals surface area contributed by atoms with E-state index in [1.165, 1.54) is 19.1 Å². The van der Waals surface area contributed by atoms with Gasteiger partial charge in [-0.1, -0.05) is 0 Å². The first-order chi connectivity index (χ1) is 7.23. The summed E-state index contributed by atoms with van der Waals surface area (Å²) in [6.07, 6.45) is 4.26. The molecule has 2 N–H and O–H groups in total. The Kier molecular flexibility index (Phi) is 4.37. The number of hydrogen-bond acceptors (Lipinski definition) is 4. The van der Waals surface area contributed by atoms with E-state index in [-0.39, 0.29) is 17.3 Å². The van der Waals surface area contributed by atoms with Crippen LogP contribution in [0.25, 0.3) is 0 Å². The molecule has 1 saturated heterocycles. The highest BCUT2D eigenvalue weighted by Crippen LogP contribution is 2.24. The summed E-state index contributed by atoms with van der Waals surface area (Å²) < 4.78 is 22.2. The predicted molar refractivity (Wildman–Crippen MR) is 67.2 cm³/mol. The fourth-order valence-corrected chi connectivity index (χ4v) is 2.90. The number of hydrogen-bond donors (Lipinski definition) is 1. The Morgan fingerprint density at radius 3 is 2.25 bits per heavy atom. The molecule has 1 rings (SSSR count). The molecular formula is C11H24N2O2S. The third kappa shape index (κ3) is 3.71. The van der Waals surface area contributed by atoms with Crippen molar-refractivity contribution in [2.45, 2.75) is 44.7 Å². The Hall–Kier alpha value is -0.130. The van der Waals surface area contributed by atoms with Gasteiger partial charge in [-0.3, -0.25) is 4.90 Å². The Morgan fingerprint density at radius 2 is 1.81 bits per heavy atom. The molecule has 0 aromatic rings. The third-order valence-electron chi connectivity index (χ3n) is 3.63. The quantitative estimate of drug-likeness (QED) is 0.775. The van der Waals surface area contributed by atoms with Gasteiger partial charge >= 0.3 is 0 Å². The summed E-state index contributed by atoms with van der Waals surface area (Å²) in [5, 5.41) is 0. The Bertz CT molecular complexity index is 319. The Labute approximate surface area is 99.1 Å². The SMILES string of the molecule is CC(C)(C(N)CCS(C)(=O)=O)N1CCCC1. The topological polar surface area (TPSA) is 63.4 Å². The van der Waals surface area contributed by atoms with Gasteiger partial charge in [-0.05, 0) is 46.2 Å². The van der Waals surface area contributed by atoms with Crippen LogP contribution in [0.3, 0.4) is 0 Å². The molecule has 1 aliphatic rings. The van der Waals surface area contributed by atoms with Crippen molar-refractivity contribution >= 4 is 9.84 Å². The molecule has 5 heteroatoms. The van der Waals surface area contributed by atoms with E-state index in [0.717, 1.165) is 13.1 Å². The fraction of sp³-hybridized carbons (Fsp3) is 1.00. The summed E-state index contributed by atoms with van der Waals surface area (Å²) >= 11 is 0. The molecule has 96 valence electrons. The number of sulfone groups is 1. The predicted octanol–water partition coefficient (Wildman–Crippen LogP) is 0.623. The Balaban J connectivity index is 2.53. The van der Waals surface area contributed by atoms with Gasteiger partial charge in [-0.2, -0.15) is 0 Å². The zero-order chi connectivity index (χ0) is 12.4. The molecule has 1 aliphatic heterocycles. The summed E-state index contributed by atoms with van der Waals surface area (Å²) in [5.41, 5.74) is 6.04. The molecule has 1 fully saturated rings. The van der Waals surface area contributed by atoms with Gasteiger partial charge in [0.05, 0.1) is 5.75 Å². The standard InChI is InChI=1S/C11H24N2O2S/c1-11(2,13-7-4-5-8-13)10(12)6-9-16(3,14)15/h10H,4-9,12H2,1-3H3. The van der Waals surface area contributed by atoms with E-state index in [4.69, 9.17) is 5.73 Å². The Morgan fingerprint density at radius 1 is 1.31 bits per heavy atom. The molecule has 0 amide bonds. The first kappa shape index (κ1) is 13.9. The largest absolute Gasteiger partial charge is 0.326 e. The molecule has 0 aliphatic carbocycles. The van der Waals surface area contributed by atoms with Crippen LogP contribution >= 0.6 is 0 Å². The highest BCUT2D eigenvalue weighted by molar-refractivity contribution is 7.90. The molecule has 0 spiro atoms. The normalized spacial score (nSPS) is 21.2. The molecule has 1 atom stereocenters. The summed E-state index contributed by atoms with van der Waals surface area (Å²) in [5.74, 6) is 0.186. The minimum Gasteiger partial charge on any atom is -0.326 e. The summed E-state index contributed by atoms with van der Waals surface area (Å²) in [6.45, 7) is 6.40. The van der Waals surface area contributed by atoms with E-state index < -0.39 is 9.84 Å². The zero-order valence-electron chi connectivity index (χ0n) is 10.6. The van der Waals surface area contributed by atoms with Gasteiger partial charge in [-0.25, -0.2) is 8.42 Å². The van der Waals surface area contributed by atoms with Crippen LogP contribution in [0.1, 0.15) is 33.1 Å². The molecule has 0 aromatic carbocycles. The van der Waals surface area contributed by atoms with Gasteiger partial charge in [0.15, 0.2) is 0 Å². The van der Waals surface area contributed by atoms with Crippen molar-refractivity contribution in [1.29, 1.82) is 0 Å². The van der Waals surface area contributed by atoms with Gasteiger partial charge in [0.2, 0.25) is 0 Å². The minimum absolute atomic E-state index is 0.0830. The maximum absolute atomic E-state index is 11.1. The van der Waals surface area contributed by atoms with Crippen LogP contribution in [0.2, 0.25) is 0 Å². The van der Waals surface area contributed by atoms with Gasteiger partial charge < -0.3 is 5.73 Å². The van der Waals surface area contributed by atoms with Crippen LogP contribution in [0, 0.1) is 0 Å². The second-order valence-electron chi connectivity index (χ2n) is 5.37. The van der Waals surface area contributed by atoms with Crippen molar-refractivity contribution < 1.29 is 8.42 Å². The van der Waals surface area contributed by atoms with Gasteiger partial charge in [0, 0.05) is 17.8 Å². The molecule has 4 nitrogen and oxygen atoms in total. The molecule has 0 radical (unpaired) electrons. The van der Waals surface area contributed by atoms with Crippen molar-refractivity contribution in [3.05, 3.63) is 0 Å². The smallest absolute Gasteiger partial charge is 0.147 e. The van der Waals surface area contributed by atoms with Crippen LogP contribution in [-0.4, -0.2) is 50.0 Å². The molecule has 1 heterocycles. The number of nitrogens with zero attached hydrogens (tertiary/aromatic N) is 1. The molecule has 0 bridgehead atoms. The van der Waals surface area contributed by atoms with Crippen molar-refractivity contribution in [2.75, 3.05) is 25.1 Å². The van der Waals surface area contributed by atoms with Crippen LogP contribution in [0.15, 0.2) is 0 Å². The molecule has 16 heavy (non-hydrogen) atoms. The molecule has 0 aromatic heterocycles. The lowest BCUT2D eigenvalue weighted by atomic mass is 9.91. The maximum atomic E-state index is 11.1. The molecule has 1 unspecified atom stereocenters. The van der Waals surface area contributed by atoms with Crippen molar-refractivity contribution in [3.63, 3.8) is 0 Å². The second-order valence-corrected chi connectivity index (χ2v) is 7.63. The van der Waals surface area contributed by atoms with Crippen LogP contribution in [0.5, 0.6) is 0 Å². The van der Waals surface area contributed by atoms with Crippen molar-refractivity contribution in [3.8, 4) is 0 Å². The van der Waals surface area contributed by atoms with Crippen LogP contribution in [-0.2, 0) is 9.84 Å². The van der Waals surface area contributed by atoms with Gasteiger partial charge in [0.25, 0.3) is 0 Å². The van der Waals surface area contributed by atoms with Crippen molar-refractivity contribution in [2.24, 2.45) is 5.73 Å². The van der Waals surface area contributed by atoms with Gasteiger partial charge in [0.1, 0.15) is 9.84 Å². The lowest BCUT2D eigenvalue weighted by Crippen LogP contribution is -2.55. The van der Waals surface area contributed by atoms with E-state index in [9.17, 15) is 8.42 Å². The highest BCUT2D eigenvalue weighted by Gasteiger charge is 2.34. The van der Waals surface area contributed by atoms with E-state index >= 15 is 0 Å². The van der Waals surface area contributed by atoms with E-state index in [2.05, 4.69) is 18.7 Å². The number of likely N-dealkylation sites (tertiary alicyclic amines) is 1. The summed E-state index contributed by atoms with van der Waals surface area (Å²) in [6, 6.07) is -0.0830. The van der Waals surface area contributed by atoms with Crippen LogP contribution < -0.4 is 5.73 Å². The summed E-state index contributed by atoms with van der Waals surface area (Å²) in [7, 11) is -2.90. The molecular weight excluding hydrogens is 224 g/mol. The highest BCUT2D eigenvalue weighted by atomic mass is 32.2. The molecule has 0 saturated carbocycles. The minimum atomic E-state index is -2.90. The van der Waals surface area contributed by atoms with Gasteiger partial charge in [-0.15, -0.1) is 0 Å². The fourth-order valence-electron chi connectivity index (χ4n) is 2.22. The average molecular weight is 248 g/mol. The van der Waals surface area contributed by atoms with E-state index in [1.807, 2.05) is 0 Å². The lowest BCUT2D eigenvalue weighted by molar-refractivity contribution is 0.122. The average Bonchev–Trinajstić information content (AvgIpc) is 2.65. The van der Waals surface area contributed by atoms with Crippen LogP contribution in [0.4, 0.5) is 0 Å². The van der Waals surface area contributed by atoms with E-state index in [0.29, 0.717) is 6.42 Å². The first-order valence-corrected chi connectivity index (χ1v) is 7.98.